The lowest BCUT2D eigenvalue weighted by Gasteiger charge is -2.21. The summed E-state index contributed by atoms with van der Waals surface area (Å²) in [5.41, 5.74) is 8.90. The Balaban J connectivity index is 2.55. The summed E-state index contributed by atoms with van der Waals surface area (Å²) in [4.78, 5) is 0. The van der Waals surface area contributed by atoms with Gasteiger partial charge in [0.25, 0.3) is 0 Å². The van der Waals surface area contributed by atoms with Crippen LogP contribution in [-0.4, -0.2) is 14.2 Å². The van der Waals surface area contributed by atoms with Crippen LogP contribution in [0, 0.1) is 34.6 Å². The number of rotatable bonds is 3. The SMILES string of the molecule is COc1c(C)c(C)c(-c2ccc(C)c(C)c2C)c2c(OC)cccc12. The molecule has 0 saturated heterocycles. The zero-order chi connectivity index (χ0) is 18.3. The quantitative estimate of drug-likeness (QED) is 0.579. The summed E-state index contributed by atoms with van der Waals surface area (Å²) < 4.78 is 11.5. The molecule has 0 heterocycles. The van der Waals surface area contributed by atoms with Crippen molar-refractivity contribution in [1.29, 1.82) is 0 Å². The van der Waals surface area contributed by atoms with Crippen molar-refractivity contribution in [3.8, 4) is 22.6 Å². The summed E-state index contributed by atoms with van der Waals surface area (Å²) in [6.07, 6.45) is 0. The molecule has 0 aromatic heterocycles. The number of benzene rings is 3. The molecule has 3 rings (SSSR count). The first-order valence-corrected chi connectivity index (χ1v) is 8.63. The molecular formula is C23H26O2. The molecule has 0 aliphatic carbocycles. The molecule has 0 N–H and O–H groups in total. The van der Waals surface area contributed by atoms with E-state index in [0.717, 1.165) is 22.3 Å². The Morgan fingerprint density at radius 3 is 2.04 bits per heavy atom. The summed E-state index contributed by atoms with van der Waals surface area (Å²) >= 11 is 0. The maximum Gasteiger partial charge on any atom is 0.130 e. The van der Waals surface area contributed by atoms with Gasteiger partial charge in [-0.25, -0.2) is 0 Å². The van der Waals surface area contributed by atoms with Gasteiger partial charge in [0, 0.05) is 10.8 Å². The van der Waals surface area contributed by atoms with Gasteiger partial charge in [-0.05, 0) is 79.6 Å². The topological polar surface area (TPSA) is 18.5 Å². The van der Waals surface area contributed by atoms with E-state index in [1.165, 1.54) is 38.9 Å². The number of methoxy groups -OCH3 is 2. The molecule has 0 fully saturated rings. The Morgan fingerprint density at radius 1 is 0.680 bits per heavy atom. The third-order valence-electron chi connectivity index (χ3n) is 5.55. The van der Waals surface area contributed by atoms with E-state index < -0.39 is 0 Å². The van der Waals surface area contributed by atoms with Gasteiger partial charge in [0.2, 0.25) is 0 Å². The zero-order valence-electron chi connectivity index (χ0n) is 16.2. The Morgan fingerprint density at radius 2 is 1.40 bits per heavy atom. The Bertz CT molecular complexity index is 968. The molecule has 0 amide bonds. The van der Waals surface area contributed by atoms with Crippen LogP contribution in [0.25, 0.3) is 21.9 Å². The number of fused-ring (bicyclic) bond motifs is 1. The van der Waals surface area contributed by atoms with Crippen LogP contribution in [0.3, 0.4) is 0 Å². The summed E-state index contributed by atoms with van der Waals surface area (Å²) in [6, 6.07) is 10.6. The first-order valence-electron chi connectivity index (χ1n) is 8.63. The van der Waals surface area contributed by atoms with E-state index in [-0.39, 0.29) is 0 Å². The molecule has 3 aromatic rings. The van der Waals surface area contributed by atoms with Crippen LogP contribution < -0.4 is 9.47 Å². The van der Waals surface area contributed by atoms with Gasteiger partial charge in [0.1, 0.15) is 11.5 Å². The first-order chi connectivity index (χ1) is 11.9. The molecular weight excluding hydrogens is 308 g/mol. The standard InChI is InChI=1S/C23H26O2/c1-13-11-12-18(15(3)14(13)2)21-16(4)17(5)23(25-7)19-9-8-10-20(24-6)22(19)21/h8-12H,1-7H3. The highest BCUT2D eigenvalue weighted by atomic mass is 16.5. The minimum Gasteiger partial charge on any atom is -0.496 e. The molecule has 0 aliphatic heterocycles. The van der Waals surface area contributed by atoms with Gasteiger partial charge in [-0.3, -0.25) is 0 Å². The second-order valence-corrected chi connectivity index (χ2v) is 6.72. The molecule has 0 bridgehead atoms. The average molecular weight is 334 g/mol. The molecule has 2 heteroatoms. The van der Waals surface area contributed by atoms with E-state index >= 15 is 0 Å². The normalized spacial score (nSPS) is 11.0. The third-order valence-corrected chi connectivity index (χ3v) is 5.55. The zero-order valence-corrected chi connectivity index (χ0v) is 16.2. The van der Waals surface area contributed by atoms with Gasteiger partial charge in [-0.15, -0.1) is 0 Å². The van der Waals surface area contributed by atoms with Crippen molar-refractivity contribution in [2.24, 2.45) is 0 Å². The van der Waals surface area contributed by atoms with Crippen LogP contribution in [0.15, 0.2) is 30.3 Å². The van der Waals surface area contributed by atoms with Crippen molar-refractivity contribution in [1.82, 2.24) is 0 Å². The Labute approximate surface area is 150 Å². The lowest BCUT2D eigenvalue weighted by atomic mass is 9.86. The van der Waals surface area contributed by atoms with Crippen LogP contribution in [0.4, 0.5) is 0 Å². The molecule has 2 nitrogen and oxygen atoms in total. The average Bonchev–Trinajstić information content (AvgIpc) is 2.62. The number of hydrogen-bond donors (Lipinski definition) is 0. The molecule has 3 aromatic carbocycles. The molecule has 0 radical (unpaired) electrons. The fourth-order valence-corrected chi connectivity index (χ4v) is 3.72. The lowest BCUT2D eigenvalue weighted by Crippen LogP contribution is -2.00. The smallest absolute Gasteiger partial charge is 0.130 e. The van der Waals surface area contributed by atoms with Gasteiger partial charge in [0.05, 0.1) is 14.2 Å². The number of aryl methyl sites for hydroxylation is 1. The van der Waals surface area contributed by atoms with E-state index in [1.807, 2.05) is 12.1 Å². The number of ether oxygens (including phenoxy) is 2. The van der Waals surface area contributed by atoms with Crippen molar-refractivity contribution < 1.29 is 9.47 Å². The fourth-order valence-electron chi connectivity index (χ4n) is 3.72. The highest BCUT2D eigenvalue weighted by Gasteiger charge is 2.20. The molecule has 130 valence electrons. The van der Waals surface area contributed by atoms with Crippen molar-refractivity contribution in [2.45, 2.75) is 34.6 Å². The van der Waals surface area contributed by atoms with Crippen LogP contribution >= 0.6 is 0 Å². The summed E-state index contributed by atoms with van der Waals surface area (Å²) in [5.74, 6) is 1.81. The van der Waals surface area contributed by atoms with Crippen molar-refractivity contribution in [2.75, 3.05) is 14.2 Å². The predicted octanol–water partition coefficient (Wildman–Crippen LogP) is 6.07. The molecule has 0 saturated carbocycles. The molecule has 0 unspecified atom stereocenters. The number of hydrogen-bond acceptors (Lipinski definition) is 2. The lowest BCUT2D eigenvalue weighted by molar-refractivity contribution is 0.413. The van der Waals surface area contributed by atoms with Gasteiger partial charge in [0.15, 0.2) is 0 Å². The third kappa shape index (κ3) is 2.57. The van der Waals surface area contributed by atoms with Crippen molar-refractivity contribution in [3.05, 3.63) is 58.1 Å². The van der Waals surface area contributed by atoms with Gasteiger partial charge in [-0.2, -0.15) is 0 Å². The maximum absolute atomic E-state index is 5.75. The van der Waals surface area contributed by atoms with Gasteiger partial charge in [-0.1, -0.05) is 24.3 Å². The first kappa shape index (κ1) is 17.3. The van der Waals surface area contributed by atoms with E-state index in [9.17, 15) is 0 Å². The van der Waals surface area contributed by atoms with E-state index in [4.69, 9.17) is 9.47 Å². The monoisotopic (exact) mass is 334 g/mol. The maximum atomic E-state index is 5.75. The fraction of sp³-hybridized carbons (Fsp3) is 0.304. The van der Waals surface area contributed by atoms with E-state index in [2.05, 4.69) is 52.8 Å². The highest BCUT2D eigenvalue weighted by Crippen LogP contribution is 2.45. The summed E-state index contributed by atoms with van der Waals surface area (Å²) in [7, 11) is 3.47. The van der Waals surface area contributed by atoms with Gasteiger partial charge >= 0.3 is 0 Å². The second kappa shape index (κ2) is 6.44. The predicted molar refractivity (Wildman–Crippen MR) is 106 cm³/mol. The minimum absolute atomic E-state index is 0.881. The summed E-state index contributed by atoms with van der Waals surface area (Å²) in [5, 5.41) is 2.22. The van der Waals surface area contributed by atoms with Crippen molar-refractivity contribution in [3.63, 3.8) is 0 Å². The van der Waals surface area contributed by atoms with Crippen LogP contribution in [0.5, 0.6) is 11.5 Å². The van der Waals surface area contributed by atoms with Crippen molar-refractivity contribution >= 4 is 10.8 Å². The van der Waals surface area contributed by atoms with Crippen LogP contribution in [0.1, 0.15) is 27.8 Å². The molecule has 0 atom stereocenters. The largest absolute Gasteiger partial charge is 0.496 e. The Hall–Kier alpha value is -2.48. The molecule has 0 spiro atoms. The molecule has 25 heavy (non-hydrogen) atoms. The molecule has 0 aliphatic rings. The highest BCUT2D eigenvalue weighted by molar-refractivity contribution is 6.07. The van der Waals surface area contributed by atoms with E-state index in [1.54, 1.807) is 14.2 Å². The second-order valence-electron chi connectivity index (χ2n) is 6.72. The Kier molecular flexibility index (Phi) is 4.47. The van der Waals surface area contributed by atoms with Crippen LogP contribution in [0.2, 0.25) is 0 Å². The van der Waals surface area contributed by atoms with Crippen LogP contribution in [-0.2, 0) is 0 Å². The van der Waals surface area contributed by atoms with E-state index in [0.29, 0.717) is 0 Å². The summed E-state index contributed by atoms with van der Waals surface area (Å²) in [6.45, 7) is 10.9. The minimum atomic E-state index is 0.881. The van der Waals surface area contributed by atoms with Gasteiger partial charge < -0.3 is 9.47 Å².